The van der Waals surface area contributed by atoms with Gasteiger partial charge in [0.05, 0.1) is 17.2 Å². The van der Waals surface area contributed by atoms with E-state index in [1.165, 1.54) is 7.11 Å². The largest absolute Gasteiger partial charge is 0.488 e. The van der Waals surface area contributed by atoms with E-state index in [1.807, 2.05) is 0 Å². The molecule has 0 radical (unpaired) electrons. The lowest BCUT2D eigenvalue weighted by Gasteiger charge is -2.12. The van der Waals surface area contributed by atoms with Crippen LogP contribution in [0.1, 0.15) is 15.9 Å². The highest BCUT2D eigenvalue weighted by Gasteiger charge is 2.16. The Kier molecular flexibility index (Phi) is 4.94. The average molecular weight is 326 g/mol. The lowest BCUT2D eigenvalue weighted by molar-refractivity contribution is 0.0597. The van der Waals surface area contributed by atoms with Gasteiger partial charge in [-0.15, -0.1) is 0 Å². The molecule has 0 amide bonds. The number of methoxy groups -OCH3 is 1. The van der Waals surface area contributed by atoms with Gasteiger partial charge >= 0.3 is 5.97 Å². The number of esters is 1. The Morgan fingerprint density at radius 2 is 1.95 bits per heavy atom. The summed E-state index contributed by atoms with van der Waals surface area (Å²) in [5.41, 5.74) is 7.12. The molecule has 2 aromatic rings. The molecular formula is C15H13Cl2NO3. The van der Waals surface area contributed by atoms with Crippen molar-refractivity contribution < 1.29 is 14.3 Å². The number of carbonyl (C=O) groups excluding carboxylic acids is 1. The summed E-state index contributed by atoms with van der Waals surface area (Å²) in [6.45, 7) is 0.227. The summed E-state index contributed by atoms with van der Waals surface area (Å²) in [6, 6.07) is 10.1. The van der Waals surface area contributed by atoms with Crippen molar-refractivity contribution in [3.8, 4) is 5.75 Å². The number of nitrogens with two attached hydrogens (primary N) is 1. The minimum atomic E-state index is -0.544. The van der Waals surface area contributed by atoms with Crippen LogP contribution in [-0.4, -0.2) is 13.1 Å². The highest BCUT2D eigenvalue weighted by atomic mass is 35.5. The Labute approximate surface area is 132 Å². The van der Waals surface area contributed by atoms with E-state index in [9.17, 15) is 4.79 Å². The van der Waals surface area contributed by atoms with Gasteiger partial charge < -0.3 is 15.2 Å². The quantitative estimate of drug-likeness (QED) is 0.683. The fourth-order valence-electron chi connectivity index (χ4n) is 1.78. The highest BCUT2D eigenvalue weighted by Crippen LogP contribution is 2.27. The van der Waals surface area contributed by atoms with E-state index in [1.54, 1.807) is 36.4 Å². The van der Waals surface area contributed by atoms with Crippen molar-refractivity contribution in [2.24, 2.45) is 0 Å². The topological polar surface area (TPSA) is 61.5 Å². The Hall–Kier alpha value is -1.91. The lowest BCUT2D eigenvalue weighted by Crippen LogP contribution is -2.09. The zero-order valence-electron chi connectivity index (χ0n) is 11.2. The minimum absolute atomic E-state index is 0.208. The van der Waals surface area contributed by atoms with Crippen LogP contribution in [0, 0.1) is 0 Å². The van der Waals surface area contributed by atoms with Crippen molar-refractivity contribution in [3.05, 3.63) is 57.6 Å². The van der Waals surface area contributed by atoms with Gasteiger partial charge in [0.2, 0.25) is 0 Å². The molecule has 2 aromatic carbocycles. The third-order valence-corrected chi connectivity index (χ3v) is 3.57. The maximum atomic E-state index is 11.7. The van der Waals surface area contributed by atoms with Crippen LogP contribution >= 0.6 is 23.2 Å². The van der Waals surface area contributed by atoms with Crippen LogP contribution in [0.2, 0.25) is 10.0 Å². The van der Waals surface area contributed by atoms with Crippen LogP contribution in [0.4, 0.5) is 5.69 Å². The van der Waals surface area contributed by atoms with Gasteiger partial charge in [-0.3, -0.25) is 0 Å². The smallest absolute Gasteiger partial charge is 0.343 e. The number of hydrogen-bond donors (Lipinski definition) is 1. The summed E-state index contributed by atoms with van der Waals surface area (Å²) in [5.74, 6) is -0.190. The molecule has 0 saturated carbocycles. The highest BCUT2D eigenvalue weighted by molar-refractivity contribution is 6.42. The number of halogens is 2. The van der Waals surface area contributed by atoms with E-state index < -0.39 is 5.97 Å². The first-order valence-corrected chi connectivity index (χ1v) is 6.82. The number of rotatable bonds is 4. The predicted molar refractivity (Wildman–Crippen MR) is 83.0 cm³/mol. The maximum absolute atomic E-state index is 11.7. The summed E-state index contributed by atoms with van der Waals surface area (Å²) in [5, 5.41) is 0.915. The molecule has 0 bridgehead atoms. The van der Waals surface area contributed by atoms with Crippen molar-refractivity contribution in [1.29, 1.82) is 0 Å². The standard InChI is InChI=1S/C15H13Cl2NO3/c1-20-15(19)14-12(18)3-2-4-13(14)21-8-9-5-6-10(16)11(17)7-9/h2-7H,8,18H2,1H3. The number of ether oxygens (including phenoxy) is 2. The fraction of sp³-hybridized carbons (Fsp3) is 0.133. The third-order valence-electron chi connectivity index (χ3n) is 2.83. The number of hydrogen-bond acceptors (Lipinski definition) is 4. The van der Waals surface area contributed by atoms with Crippen LogP contribution < -0.4 is 10.5 Å². The molecule has 0 saturated heterocycles. The van der Waals surface area contributed by atoms with Crippen LogP contribution in [0.15, 0.2) is 36.4 Å². The molecule has 0 unspecified atom stereocenters. The van der Waals surface area contributed by atoms with Crippen molar-refractivity contribution in [2.75, 3.05) is 12.8 Å². The van der Waals surface area contributed by atoms with Crippen LogP contribution in [0.25, 0.3) is 0 Å². The maximum Gasteiger partial charge on any atom is 0.343 e. The van der Waals surface area contributed by atoms with Crippen LogP contribution in [0.5, 0.6) is 5.75 Å². The summed E-state index contributed by atoms with van der Waals surface area (Å²) in [7, 11) is 1.29. The second-order valence-electron chi connectivity index (χ2n) is 4.25. The molecule has 110 valence electrons. The van der Waals surface area contributed by atoms with Crippen molar-refractivity contribution in [1.82, 2.24) is 0 Å². The van der Waals surface area contributed by atoms with E-state index in [2.05, 4.69) is 0 Å². The Morgan fingerprint density at radius 3 is 2.62 bits per heavy atom. The van der Waals surface area contributed by atoms with Gasteiger partial charge in [-0.1, -0.05) is 35.3 Å². The zero-order valence-corrected chi connectivity index (χ0v) is 12.7. The van der Waals surface area contributed by atoms with E-state index in [-0.39, 0.29) is 12.2 Å². The molecule has 0 atom stereocenters. The summed E-state index contributed by atoms with van der Waals surface area (Å²) in [4.78, 5) is 11.7. The summed E-state index contributed by atoms with van der Waals surface area (Å²) < 4.78 is 10.3. The molecule has 0 spiro atoms. The van der Waals surface area contributed by atoms with E-state index >= 15 is 0 Å². The van der Waals surface area contributed by atoms with Gasteiger partial charge in [0.25, 0.3) is 0 Å². The number of anilines is 1. The predicted octanol–water partition coefficient (Wildman–Crippen LogP) is 3.94. The van der Waals surface area contributed by atoms with Gasteiger partial charge in [0.1, 0.15) is 17.9 Å². The SMILES string of the molecule is COC(=O)c1c(N)cccc1OCc1ccc(Cl)c(Cl)c1. The van der Waals surface area contributed by atoms with Gasteiger partial charge in [-0.25, -0.2) is 4.79 Å². The molecule has 2 rings (SSSR count). The van der Waals surface area contributed by atoms with Crippen molar-refractivity contribution in [2.45, 2.75) is 6.61 Å². The van der Waals surface area contributed by atoms with Crippen molar-refractivity contribution in [3.63, 3.8) is 0 Å². The molecule has 0 aliphatic heterocycles. The normalized spacial score (nSPS) is 10.2. The van der Waals surface area contributed by atoms with Gasteiger partial charge in [-0.05, 0) is 29.8 Å². The molecule has 4 nitrogen and oxygen atoms in total. The number of nitrogen functional groups attached to an aromatic ring is 1. The van der Waals surface area contributed by atoms with E-state index in [4.69, 9.17) is 38.4 Å². The van der Waals surface area contributed by atoms with Gasteiger partial charge in [0.15, 0.2) is 0 Å². The summed E-state index contributed by atoms with van der Waals surface area (Å²) in [6.07, 6.45) is 0. The van der Waals surface area contributed by atoms with Crippen molar-refractivity contribution >= 4 is 34.9 Å². The number of carbonyl (C=O) groups is 1. The first-order valence-electron chi connectivity index (χ1n) is 6.06. The lowest BCUT2D eigenvalue weighted by atomic mass is 10.1. The monoisotopic (exact) mass is 325 g/mol. The number of benzene rings is 2. The second-order valence-corrected chi connectivity index (χ2v) is 5.06. The molecule has 21 heavy (non-hydrogen) atoms. The Bertz CT molecular complexity index is 674. The molecule has 0 heterocycles. The molecule has 0 aliphatic carbocycles. The van der Waals surface area contributed by atoms with Gasteiger partial charge in [-0.2, -0.15) is 0 Å². The third kappa shape index (κ3) is 3.60. The van der Waals surface area contributed by atoms with E-state index in [0.29, 0.717) is 21.5 Å². The molecule has 6 heteroatoms. The first-order chi connectivity index (χ1) is 10.0. The van der Waals surface area contributed by atoms with Crippen LogP contribution in [-0.2, 0) is 11.3 Å². The van der Waals surface area contributed by atoms with Gasteiger partial charge in [0, 0.05) is 5.69 Å². The average Bonchev–Trinajstić information content (AvgIpc) is 2.48. The molecule has 0 aromatic heterocycles. The van der Waals surface area contributed by atoms with E-state index in [0.717, 1.165) is 5.56 Å². The Balaban J connectivity index is 2.22. The first kappa shape index (κ1) is 15.5. The molecule has 2 N–H and O–H groups in total. The molecule has 0 aliphatic rings. The van der Waals surface area contributed by atoms with Crippen LogP contribution in [0.3, 0.4) is 0 Å². The second kappa shape index (κ2) is 6.70. The zero-order chi connectivity index (χ0) is 15.4. The molecule has 0 fully saturated rings. The Morgan fingerprint density at radius 1 is 1.19 bits per heavy atom. The molecular weight excluding hydrogens is 313 g/mol. The summed E-state index contributed by atoms with van der Waals surface area (Å²) >= 11 is 11.8. The minimum Gasteiger partial charge on any atom is -0.488 e. The fourth-order valence-corrected chi connectivity index (χ4v) is 2.10.